The van der Waals surface area contributed by atoms with Crippen LogP contribution in [0.25, 0.3) is 0 Å². The van der Waals surface area contributed by atoms with Gasteiger partial charge in [-0.2, -0.15) is 5.10 Å². The van der Waals surface area contributed by atoms with E-state index in [0.29, 0.717) is 17.3 Å². The lowest BCUT2D eigenvalue weighted by atomic mass is 9.93. The molecule has 0 amide bonds. The molecule has 21 heavy (non-hydrogen) atoms. The van der Waals surface area contributed by atoms with Gasteiger partial charge < -0.3 is 15.2 Å². The summed E-state index contributed by atoms with van der Waals surface area (Å²) in [5.41, 5.74) is 9.08. The first-order valence-electron chi connectivity index (χ1n) is 6.80. The van der Waals surface area contributed by atoms with Crippen molar-refractivity contribution in [3.05, 3.63) is 40.0 Å². The van der Waals surface area contributed by atoms with Crippen molar-refractivity contribution >= 4 is 11.6 Å². The van der Waals surface area contributed by atoms with Crippen LogP contribution in [-0.4, -0.2) is 16.9 Å². The van der Waals surface area contributed by atoms with Gasteiger partial charge >= 0.3 is 0 Å². The molecule has 1 aromatic carbocycles. The van der Waals surface area contributed by atoms with Gasteiger partial charge in [-0.1, -0.05) is 11.6 Å². The fourth-order valence-corrected chi connectivity index (χ4v) is 3.10. The number of methoxy groups -OCH3 is 1. The van der Waals surface area contributed by atoms with Gasteiger partial charge in [0.25, 0.3) is 0 Å². The summed E-state index contributed by atoms with van der Waals surface area (Å²) >= 11 is 6.03. The van der Waals surface area contributed by atoms with Crippen molar-refractivity contribution in [1.82, 2.24) is 9.78 Å². The number of benzene rings is 1. The summed E-state index contributed by atoms with van der Waals surface area (Å²) in [6, 6.07) is 5.41. The number of nitrogens with two attached hydrogens (primary N) is 1. The highest BCUT2D eigenvalue weighted by Crippen LogP contribution is 2.43. The van der Waals surface area contributed by atoms with Crippen LogP contribution in [0.4, 0.5) is 0 Å². The average molecular weight is 308 g/mol. The maximum Gasteiger partial charge on any atom is 0.218 e. The molecule has 0 aliphatic carbocycles. The van der Waals surface area contributed by atoms with E-state index in [1.807, 2.05) is 32.2 Å². The highest BCUT2D eigenvalue weighted by molar-refractivity contribution is 6.30. The zero-order chi connectivity index (χ0) is 15.1. The molecule has 0 bridgehead atoms. The Morgan fingerprint density at radius 3 is 2.95 bits per heavy atom. The van der Waals surface area contributed by atoms with Crippen LogP contribution in [0, 0.1) is 6.92 Å². The fourth-order valence-electron chi connectivity index (χ4n) is 2.92. The lowest BCUT2D eigenvalue weighted by Crippen LogP contribution is -2.24. The number of rotatable bonds is 2. The quantitative estimate of drug-likeness (QED) is 0.926. The van der Waals surface area contributed by atoms with Crippen molar-refractivity contribution < 1.29 is 9.47 Å². The van der Waals surface area contributed by atoms with Crippen LogP contribution >= 0.6 is 11.6 Å². The number of hydrogen-bond acceptors (Lipinski definition) is 4. The summed E-state index contributed by atoms with van der Waals surface area (Å²) in [6.45, 7) is 1.95. The minimum atomic E-state index is -0.169. The second-order valence-electron chi connectivity index (χ2n) is 5.26. The van der Waals surface area contributed by atoms with Crippen molar-refractivity contribution in [1.29, 1.82) is 0 Å². The third-order valence-electron chi connectivity index (χ3n) is 3.84. The minimum Gasteiger partial charge on any atom is -0.485 e. The SMILES string of the molecule is COc1c(C2C[C@@H](N)c3cc(Cl)ccc3O2)c(C)nn1C. The van der Waals surface area contributed by atoms with Gasteiger partial charge in [0.05, 0.1) is 18.4 Å². The number of halogens is 1. The van der Waals surface area contributed by atoms with Crippen molar-refractivity contribution in [3.63, 3.8) is 0 Å². The molecule has 0 fully saturated rings. The average Bonchev–Trinajstić information content (AvgIpc) is 2.73. The zero-order valence-corrected chi connectivity index (χ0v) is 13.0. The van der Waals surface area contributed by atoms with Crippen LogP contribution in [0.3, 0.4) is 0 Å². The van der Waals surface area contributed by atoms with Gasteiger partial charge in [0.15, 0.2) is 0 Å². The first kappa shape index (κ1) is 14.2. The highest BCUT2D eigenvalue weighted by atomic mass is 35.5. The zero-order valence-electron chi connectivity index (χ0n) is 12.3. The Balaban J connectivity index is 2.02. The minimum absolute atomic E-state index is 0.123. The number of hydrogen-bond donors (Lipinski definition) is 1. The molecule has 2 atom stereocenters. The number of nitrogens with zero attached hydrogens (tertiary/aromatic N) is 2. The first-order chi connectivity index (χ1) is 10.0. The molecule has 1 aromatic heterocycles. The molecule has 6 heteroatoms. The molecule has 2 N–H and O–H groups in total. The third-order valence-corrected chi connectivity index (χ3v) is 4.07. The molecule has 1 aliphatic heterocycles. The van der Waals surface area contributed by atoms with Gasteiger partial charge in [0, 0.05) is 30.1 Å². The van der Waals surface area contributed by atoms with Gasteiger partial charge in [-0.05, 0) is 25.1 Å². The molecule has 0 saturated heterocycles. The van der Waals surface area contributed by atoms with Crippen LogP contribution in [0.5, 0.6) is 11.6 Å². The van der Waals surface area contributed by atoms with Crippen LogP contribution in [0.15, 0.2) is 18.2 Å². The number of aromatic nitrogens is 2. The summed E-state index contributed by atoms with van der Waals surface area (Å²) in [5, 5.41) is 5.07. The van der Waals surface area contributed by atoms with E-state index in [2.05, 4.69) is 5.10 Å². The molecule has 3 rings (SSSR count). The van der Waals surface area contributed by atoms with Gasteiger partial charge in [0.2, 0.25) is 5.88 Å². The molecular formula is C15H18ClN3O2. The predicted molar refractivity (Wildman–Crippen MR) is 80.9 cm³/mol. The van der Waals surface area contributed by atoms with E-state index in [1.165, 1.54) is 0 Å². The largest absolute Gasteiger partial charge is 0.485 e. The molecule has 1 aliphatic rings. The van der Waals surface area contributed by atoms with Gasteiger partial charge in [-0.15, -0.1) is 0 Å². The fraction of sp³-hybridized carbons (Fsp3) is 0.400. The van der Waals surface area contributed by atoms with Crippen molar-refractivity contribution in [2.24, 2.45) is 12.8 Å². The Labute approximate surface area is 128 Å². The summed E-state index contributed by atoms with van der Waals surface area (Å²) in [4.78, 5) is 0. The van der Waals surface area contributed by atoms with Crippen molar-refractivity contribution in [2.45, 2.75) is 25.5 Å². The van der Waals surface area contributed by atoms with E-state index in [0.717, 1.165) is 22.6 Å². The second kappa shape index (κ2) is 5.24. The maximum absolute atomic E-state index is 6.28. The van der Waals surface area contributed by atoms with Crippen LogP contribution in [0.2, 0.25) is 5.02 Å². The van der Waals surface area contributed by atoms with Crippen molar-refractivity contribution in [2.75, 3.05) is 7.11 Å². The molecule has 112 valence electrons. The number of ether oxygens (including phenoxy) is 2. The maximum atomic E-state index is 6.28. The van der Waals surface area contributed by atoms with E-state index in [1.54, 1.807) is 11.8 Å². The topological polar surface area (TPSA) is 62.3 Å². The smallest absolute Gasteiger partial charge is 0.218 e. The Hall–Kier alpha value is -1.72. The molecule has 0 saturated carbocycles. The Kier molecular flexibility index (Phi) is 3.55. The molecule has 0 spiro atoms. The molecule has 0 radical (unpaired) electrons. The normalized spacial score (nSPS) is 20.8. The Bertz CT molecular complexity index is 684. The summed E-state index contributed by atoms with van der Waals surface area (Å²) in [7, 11) is 3.49. The van der Waals surface area contributed by atoms with Crippen LogP contribution < -0.4 is 15.2 Å². The predicted octanol–water partition coefficient (Wildman–Crippen LogP) is 2.91. The lowest BCUT2D eigenvalue weighted by molar-refractivity contribution is 0.156. The summed E-state index contributed by atoms with van der Waals surface area (Å²) in [5.74, 6) is 1.48. The molecule has 1 unspecified atom stereocenters. The van der Waals surface area contributed by atoms with E-state index < -0.39 is 0 Å². The van der Waals surface area contributed by atoms with Crippen LogP contribution in [0.1, 0.15) is 35.4 Å². The molecule has 2 heterocycles. The highest BCUT2D eigenvalue weighted by Gasteiger charge is 2.32. The van der Waals surface area contributed by atoms with E-state index in [9.17, 15) is 0 Å². The second-order valence-corrected chi connectivity index (χ2v) is 5.70. The third kappa shape index (κ3) is 2.36. The first-order valence-corrected chi connectivity index (χ1v) is 7.18. The van der Waals surface area contributed by atoms with Gasteiger partial charge in [-0.3, -0.25) is 0 Å². The molecular weight excluding hydrogens is 290 g/mol. The van der Waals surface area contributed by atoms with Gasteiger partial charge in [0.1, 0.15) is 11.9 Å². The van der Waals surface area contributed by atoms with E-state index in [4.69, 9.17) is 26.8 Å². The van der Waals surface area contributed by atoms with E-state index >= 15 is 0 Å². The van der Waals surface area contributed by atoms with Crippen LogP contribution in [-0.2, 0) is 7.05 Å². The summed E-state index contributed by atoms with van der Waals surface area (Å²) in [6.07, 6.45) is 0.494. The number of aryl methyl sites for hydroxylation is 2. The summed E-state index contributed by atoms with van der Waals surface area (Å²) < 4.78 is 13.3. The standard InChI is InChI=1S/C15H18ClN3O2/c1-8-14(15(20-3)19(2)18-8)13-7-11(17)10-6-9(16)4-5-12(10)21-13/h4-6,11,13H,7,17H2,1-3H3/t11-,13?/m1/s1. The number of fused-ring (bicyclic) bond motifs is 1. The van der Waals surface area contributed by atoms with Gasteiger partial charge in [-0.25, -0.2) is 4.68 Å². The Morgan fingerprint density at radius 2 is 2.24 bits per heavy atom. The van der Waals surface area contributed by atoms with Crippen molar-refractivity contribution in [3.8, 4) is 11.6 Å². The molecule has 5 nitrogen and oxygen atoms in total. The Morgan fingerprint density at radius 1 is 1.48 bits per heavy atom. The molecule has 2 aromatic rings. The lowest BCUT2D eigenvalue weighted by Gasteiger charge is -2.30. The monoisotopic (exact) mass is 307 g/mol. The van der Waals surface area contributed by atoms with E-state index in [-0.39, 0.29) is 12.1 Å².